The highest BCUT2D eigenvalue weighted by molar-refractivity contribution is 5.74. The number of aliphatic hydroxyl groups excluding tert-OH is 1. The molecule has 3 N–H and O–H groups in total. The molecule has 1 aliphatic rings. The molecule has 2 amide bonds. The molecule has 0 spiro atoms. The van der Waals surface area contributed by atoms with E-state index in [1.54, 1.807) is 0 Å². The van der Waals surface area contributed by atoms with Crippen molar-refractivity contribution in [3.63, 3.8) is 0 Å². The minimum atomic E-state index is -0.0508. The largest absolute Gasteiger partial charge is 0.396 e. The van der Waals surface area contributed by atoms with E-state index in [2.05, 4.69) is 17.6 Å². The van der Waals surface area contributed by atoms with Crippen molar-refractivity contribution >= 4 is 6.03 Å². The summed E-state index contributed by atoms with van der Waals surface area (Å²) in [5, 5.41) is 14.8. The van der Waals surface area contributed by atoms with Crippen LogP contribution in [0.1, 0.15) is 52.4 Å². The second kappa shape index (κ2) is 8.35. The molecule has 18 heavy (non-hydrogen) atoms. The van der Waals surface area contributed by atoms with Crippen LogP contribution in [0.2, 0.25) is 0 Å². The lowest BCUT2D eigenvalue weighted by Crippen LogP contribution is -2.47. The van der Waals surface area contributed by atoms with Gasteiger partial charge >= 0.3 is 6.03 Å². The highest BCUT2D eigenvalue weighted by Gasteiger charge is 2.24. The first-order valence-electron chi connectivity index (χ1n) is 7.32. The maximum Gasteiger partial charge on any atom is 0.315 e. The minimum absolute atomic E-state index is 0.0508. The topological polar surface area (TPSA) is 61.4 Å². The summed E-state index contributed by atoms with van der Waals surface area (Å²) in [6.07, 6.45) is 6.75. The third-order valence-corrected chi connectivity index (χ3v) is 3.98. The lowest BCUT2D eigenvalue weighted by Gasteiger charge is -2.31. The SMILES string of the molecule is CCC1CCCCC1NC(=O)NCC(C)CCO. The van der Waals surface area contributed by atoms with Crippen LogP contribution in [0.4, 0.5) is 4.79 Å². The van der Waals surface area contributed by atoms with E-state index in [1.165, 1.54) is 19.3 Å². The van der Waals surface area contributed by atoms with Gasteiger partial charge in [0.2, 0.25) is 0 Å². The van der Waals surface area contributed by atoms with Gasteiger partial charge in [-0.15, -0.1) is 0 Å². The Morgan fingerprint density at radius 1 is 1.39 bits per heavy atom. The van der Waals surface area contributed by atoms with Gasteiger partial charge in [-0.3, -0.25) is 0 Å². The third-order valence-electron chi connectivity index (χ3n) is 3.98. The fourth-order valence-corrected chi connectivity index (χ4v) is 2.70. The number of nitrogens with one attached hydrogen (secondary N) is 2. The molecule has 1 saturated carbocycles. The standard InChI is InChI=1S/C14H28N2O2/c1-3-12-6-4-5-7-13(12)16-14(18)15-10-11(2)8-9-17/h11-13,17H,3-10H2,1-2H3,(H2,15,16,18). The molecular formula is C14H28N2O2. The van der Waals surface area contributed by atoms with E-state index in [4.69, 9.17) is 5.11 Å². The summed E-state index contributed by atoms with van der Waals surface area (Å²) in [5.41, 5.74) is 0. The fraction of sp³-hybridized carbons (Fsp3) is 0.929. The molecular weight excluding hydrogens is 228 g/mol. The number of hydrogen-bond acceptors (Lipinski definition) is 2. The second-order valence-corrected chi connectivity index (χ2v) is 5.53. The average molecular weight is 256 g/mol. The first kappa shape index (κ1) is 15.3. The normalized spacial score (nSPS) is 25.5. The first-order valence-corrected chi connectivity index (χ1v) is 7.32. The summed E-state index contributed by atoms with van der Waals surface area (Å²) in [6, 6.07) is 0.294. The van der Waals surface area contributed by atoms with Gasteiger partial charge in [-0.2, -0.15) is 0 Å². The molecule has 106 valence electrons. The van der Waals surface area contributed by atoms with Crippen molar-refractivity contribution in [1.29, 1.82) is 0 Å². The fourth-order valence-electron chi connectivity index (χ4n) is 2.70. The molecule has 0 radical (unpaired) electrons. The summed E-state index contributed by atoms with van der Waals surface area (Å²) in [6.45, 7) is 5.05. The van der Waals surface area contributed by atoms with E-state index in [0.717, 1.165) is 19.3 Å². The van der Waals surface area contributed by atoms with Gasteiger partial charge in [-0.1, -0.05) is 33.1 Å². The maximum atomic E-state index is 11.8. The van der Waals surface area contributed by atoms with Crippen molar-refractivity contribution in [3.05, 3.63) is 0 Å². The molecule has 0 aliphatic heterocycles. The number of rotatable bonds is 6. The molecule has 0 aromatic carbocycles. The first-order chi connectivity index (χ1) is 8.67. The average Bonchev–Trinajstić information content (AvgIpc) is 2.37. The molecule has 0 bridgehead atoms. The Morgan fingerprint density at radius 3 is 2.78 bits per heavy atom. The number of carbonyl (C=O) groups excluding carboxylic acids is 1. The van der Waals surface area contributed by atoms with Crippen molar-refractivity contribution < 1.29 is 9.90 Å². The van der Waals surface area contributed by atoms with Gasteiger partial charge in [0.15, 0.2) is 0 Å². The van der Waals surface area contributed by atoms with Gasteiger partial charge in [-0.05, 0) is 31.1 Å². The van der Waals surface area contributed by atoms with Crippen LogP contribution in [0, 0.1) is 11.8 Å². The lowest BCUT2D eigenvalue weighted by molar-refractivity contribution is 0.212. The Kier molecular flexibility index (Phi) is 7.09. The maximum absolute atomic E-state index is 11.8. The van der Waals surface area contributed by atoms with Crippen LogP contribution in [-0.2, 0) is 0 Å². The predicted octanol–water partition coefficient (Wildman–Crippen LogP) is 2.27. The predicted molar refractivity (Wildman–Crippen MR) is 73.4 cm³/mol. The van der Waals surface area contributed by atoms with Crippen molar-refractivity contribution in [3.8, 4) is 0 Å². The summed E-state index contributed by atoms with van der Waals surface area (Å²) in [7, 11) is 0. The molecule has 0 aromatic heterocycles. The Bertz CT molecular complexity index is 246. The molecule has 4 nitrogen and oxygen atoms in total. The quantitative estimate of drug-likeness (QED) is 0.682. The van der Waals surface area contributed by atoms with Crippen LogP contribution in [0.15, 0.2) is 0 Å². The van der Waals surface area contributed by atoms with Crippen molar-refractivity contribution in [2.45, 2.75) is 58.4 Å². The van der Waals surface area contributed by atoms with Gasteiger partial charge in [0, 0.05) is 19.2 Å². The van der Waals surface area contributed by atoms with Gasteiger partial charge < -0.3 is 15.7 Å². The van der Waals surface area contributed by atoms with Gasteiger partial charge in [0.1, 0.15) is 0 Å². The van der Waals surface area contributed by atoms with E-state index >= 15 is 0 Å². The van der Waals surface area contributed by atoms with E-state index in [1.807, 2.05) is 6.92 Å². The highest BCUT2D eigenvalue weighted by Crippen LogP contribution is 2.26. The van der Waals surface area contributed by atoms with Crippen molar-refractivity contribution in [2.75, 3.05) is 13.2 Å². The summed E-state index contributed by atoms with van der Waals surface area (Å²) < 4.78 is 0. The molecule has 0 saturated heterocycles. The number of hydrogen-bond donors (Lipinski definition) is 3. The summed E-state index contributed by atoms with van der Waals surface area (Å²) in [5.74, 6) is 0.966. The second-order valence-electron chi connectivity index (χ2n) is 5.53. The number of aliphatic hydroxyl groups is 1. The zero-order valence-corrected chi connectivity index (χ0v) is 11.7. The number of urea groups is 1. The van der Waals surface area contributed by atoms with Gasteiger partial charge in [-0.25, -0.2) is 4.79 Å². The summed E-state index contributed by atoms with van der Waals surface area (Å²) >= 11 is 0. The van der Waals surface area contributed by atoms with Crippen LogP contribution >= 0.6 is 0 Å². The number of amides is 2. The minimum Gasteiger partial charge on any atom is -0.396 e. The van der Waals surface area contributed by atoms with Crippen LogP contribution < -0.4 is 10.6 Å². The number of carbonyl (C=O) groups is 1. The third kappa shape index (κ3) is 5.25. The highest BCUT2D eigenvalue weighted by atomic mass is 16.3. The molecule has 1 aliphatic carbocycles. The molecule has 0 aromatic rings. The van der Waals surface area contributed by atoms with E-state index < -0.39 is 0 Å². The van der Waals surface area contributed by atoms with Crippen LogP contribution in [0.5, 0.6) is 0 Å². The van der Waals surface area contributed by atoms with Crippen LogP contribution in [0.25, 0.3) is 0 Å². The molecule has 4 heteroatoms. The van der Waals surface area contributed by atoms with Crippen LogP contribution in [-0.4, -0.2) is 30.3 Å². The van der Waals surface area contributed by atoms with E-state index in [0.29, 0.717) is 24.4 Å². The van der Waals surface area contributed by atoms with E-state index in [9.17, 15) is 4.79 Å². The zero-order valence-electron chi connectivity index (χ0n) is 11.7. The van der Waals surface area contributed by atoms with Crippen molar-refractivity contribution in [2.24, 2.45) is 11.8 Å². The summed E-state index contributed by atoms with van der Waals surface area (Å²) in [4.78, 5) is 11.8. The monoisotopic (exact) mass is 256 g/mol. The Hall–Kier alpha value is -0.770. The van der Waals surface area contributed by atoms with Gasteiger partial charge in [0.25, 0.3) is 0 Å². The van der Waals surface area contributed by atoms with Gasteiger partial charge in [0.05, 0.1) is 0 Å². The van der Waals surface area contributed by atoms with Crippen molar-refractivity contribution in [1.82, 2.24) is 10.6 Å². The van der Waals surface area contributed by atoms with E-state index in [-0.39, 0.29) is 12.6 Å². The molecule has 3 atom stereocenters. The van der Waals surface area contributed by atoms with Crippen LogP contribution in [0.3, 0.4) is 0 Å². The molecule has 1 rings (SSSR count). The molecule has 1 fully saturated rings. The molecule has 3 unspecified atom stereocenters. The molecule has 0 heterocycles. The Labute approximate surface area is 111 Å². The lowest BCUT2D eigenvalue weighted by atomic mass is 9.83. The Morgan fingerprint density at radius 2 is 2.11 bits per heavy atom. The zero-order chi connectivity index (χ0) is 13.4. The Balaban J connectivity index is 2.25. The smallest absolute Gasteiger partial charge is 0.315 e.